The highest BCUT2D eigenvalue weighted by Gasteiger charge is 2.05. The number of anilines is 1. The van der Waals surface area contributed by atoms with Crippen molar-refractivity contribution in [3.8, 4) is 0 Å². The molecule has 0 saturated carbocycles. The van der Waals surface area contributed by atoms with Crippen LogP contribution in [0.25, 0.3) is 10.9 Å². The van der Waals surface area contributed by atoms with Crippen LogP contribution in [0.4, 0.5) is 5.95 Å². The molecule has 0 amide bonds. The van der Waals surface area contributed by atoms with Gasteiger partial charge in [0.25, 0.3) is 0 Å². The normalized spacial score (nSPS) is 11.8. The van der Waals surface area contributed by atoms with Gasteiger partial charge in [0.05, 0.1) is 11.2 Å². The van der Waals surface area contributed by atoms with E-state index in [1.54, 1.807) is 7.05 Å². The molecule has 5 nitrogen and oxygen atoms in total. The molecule has 17 heavy (non-hydrogen) atoms. The summed E-state index contributed by atoms with van der Waals surface area (Å²) in [5.74, 6) is 0.776. The first-order valence-corrected chi connectivity index (χ1v) is 5.34. The van der Waals surface area contributed by atoms with Crippen LogP contribution < -0.4 is 11.1 Å². The van der Waals surface area contributed by atoms with Gasteiger partial charge in [0, 0.05) is 12.4 Å². The lowest BCUT2D eigenvalue weighted by atomic mass is 10.1. The Kier molecular flexibility index (Phi) is 2.91. The lowest BCUT2D eigenvalue weighted by Crippen LogP contribution is -2.23. The maximum Gasteiger partial charge on any atom is 0.230 e. The predicted octanol–water partition coefficient (Wildman–Crippen LogP) is 1.60. The molecular formula is C12H15N5. The molecule has 0 unspecified atom stereocenters. The number of hydrogen-bond acceptors (Lipinski definition) is 3. The minimum atomic E-state index is 0.302. The van der Waals surface area contributed by atoms with Gasteiger partial charge in [-0.2, -0.15) is 0 Å². The van der Waals surface area contributed by atoms with Crippen molar-refractivity contribution in [2.45, 2.75) is 13.8 Å². The largest absolute Gasteiger partial charge is 0.370 e. The summed E-state index contributed by atoms with van der Waals surface area (Å²) in [5, 5.41) is 3.90. The molecule has 1 heterocycles. The van der Waals surface area contributed by atoms with Crippen LogP contribution >= 0.6 is 0 Å². The van der Waals surface area contributed by atoms with Gasteiger partial charge in [-0.15, -0.1) is 0 Å². The predicted molar refractivity (Wildman–Crippen MR) is 70.2 cm³/mol. The van der Waals surface area contributed by atoms with Gasteiger partial charge in [-0.3, -0.25) is 10.3 Å². The van der Waals surface area contributed by atoms with E-state index in [1.165, 1.54) is 5.56 Å². The van der Waals surface area contributed by atoms with E-state index in [9.17, 15) is 0 Å². The Labute approximate surface area is 99.8 Å². The van der Waals surface area contributed by atoms with E-state index in [0.29, 0.717) is 11.9 Å². The SMILES string of the molecule is C/N=C(\N)Nc1nc(C)c2cc(C)ccc2n1. The van der Waals surface area contributed by atoms with Crippen molar-refractivity contribution in [2.24, 2.45) is 10.7 Å². The average Bonchev–Trinajstić information content (AvgIpc) is 2.30. The second-order valence-corrected chi connectivity index (χ2v) is 3.89. The molecule has 88 valence electrons. The van der Waals surface area contributed by atoms with Crippen molar-refractivity contribution >= 4 is 22.8 Å². The first-order valence-electron chi connectivity index (χ1n) is 5.34. The van der Waals surface area contributed by atoms with Gasteiger partial charge < -0.3 is 5.73 Å². The number of nitrogens with one attached hydrogen (secondary N) is 1. The van der Waals surface area contributed by atoms with Crippen LogP contribution in [0.3, 0.4) is 0 Å². The van der Waals surface area contributed by atoms with Gasteiger partial charge in [0.15, 0.2) is 5.96 Å². The van der Waals surface area contributed by atoms with Gasteiger partial charge in [-0.25, -0.2) is 9.97 Å². The Bertz CT molecular complexity index is 589. The summed E-state index contributed by atoms with van der Waals surface area (Å²) in [5.41, 5.74) is 8.60. The third-order valence-electron chi connectivity index (χ3n) is 2.52. The highest BCUT2D eigenvalue weighted by Crippen LogP contribution is 2.18. The van der Waals surface area contributed by atoms with Crippen LogP contribution in [-0.2, 0) is 0 Å². The van der Waals surface area contributed by atoms with E-state index >= 15 is 0 Å². The summed E-state index contributed by atoms with van der Waals surface area (Å²) in [6, 6.07) is 6.07. The Morgan fingerprint density at radius 2 is 2.06 bits per heavy atom. The molecule has 0 fully saturated rings. The molecule has 2 aromatic rings. The van der Waals surface area contributed by atoms with Gasteiger partial charge in [-0.05, 0) is 26.0 Å². The monoisotopic (exact) mass is 229 g/mol. The number of aryl methyl sites for hydroxylation is 2. The number of rotatable bonds is 1. The molecule has 0 spiro atoms. The molecule has 1 aromatic carbocycles. The summed E-state index contributed by atoms with van der Waals surface area (Å²) < 4.78 is 0. The zero-order valence-electron chi connectivity index (χ0n) is 10.2. The van der Waals surface area contributed by atoms with Crippen LogP contribution in [0.15, 0.2) is 23.2 Å². The molecule has 0 bridgehead atoms. The molecule has 0 saturated heterocycles. The summed E-state index contributed by atoms with van der Waals surface area (Å²) in [7, 11) is 1.61. The van der Waals surface area contributed by atoms with Crippen molar-refractivity contribution in [1.82, 2.24) is 9.97 Å². The Morgan fingerprint density at radius 1 is 1.29 bits per heavy atom. The highest BCUT2D eigenvalue weighted by atomic mass is 15.2. The Morgan fingerprint density at radius 3 is 2.76 bits per heavy atom. The maximum absolute atomic E-state index is 5.58. The zero-order chi connectivity index (χ0) is 12.4. The lowest BCUT2D eigenvalue weighted by molar-refractivity contribution is 1.15. The van der Waals surface area contributed by atoms with Crippen LogP contribution in [0.2, 0.25) is 0 Å². The first kappa shape index (κ1) is 11.3. The fourth-order valence-electron chi connectivity index (χ4n) is 1.62. The van der Waals surface area contributed by atoms with E-state index in [2.05, 4.69) is 26.3 Å². The van der Waals surface area contributed by atoms with Crippen molar-refractivity contribution < 1.29 is 0 Å². The summed E-state index contributed by atoms with van der Waals surface area (Å²) in [4.78, 5) is 12.5. The summed E-state index contributed by atoms with van der Waals surface area (Å²) in [6.45, 7) is 4.00. The number of aliphatic imine (C=N–C) groups is 1. The van der Waals surface area contributed by atoms with E-state index in [0.717, 1.165) is 16.6 Å². The minimum Gasteiger partial charge on any atom is -0.370 e. The van der Waals surface area contributed by atoms with Crippen molar-refractivity contribution in [1.29, 1.82) is 0 Å². The minimum absolute atomic E-state index is 0.302. The quantitative estimate of drug-likeness (QED) is 0.575. The molecule has 0 atom stereocenters. The number of fused-ring (bicyclic) bond motifs is 1. The van der Waals surface area contributed by atoms with Crippen LogP contribution in [0.1, 0.15) is 11.3 Å². The molecule has 0 aliphatic carbocycles. The topological polar surface area (TPSA) is 76.2 Å². The molecule has 0 aliphatic rings. The van der Waals surface area contributed by atoms with Crippen molar-refractivity contribution in [2.75, 3.05) is 12.4 Å². The molecule has 5 heteroatoms. The molecule has 2 rings (SSSR count). The first-order chi connectivity index (χ1) is 8.10. The molecule has 1 aromatic heterocycles. The number of nitrogens with two attached hydrogens (primary N) is 1. The molecule has 0 radical (unpaired) electrons. The highest BCUT2D eigenvalue weighted by molar-refractivity contribution is 5.92. The number of benzene rings is 1. The van der Waals surface area contributed by atoms with E-state index < -0.39 is 0 Å². The van der Waals surface area contributed by atoms with Gasteiger partial charge in [-0.1, -0.05) is 11.6 Å². The van der Waals surface area contributed by atoms with E-state index in [4.69, 9.17) is 5.73 Å². The van der Waals surface area contributed by atoms with Crippen LogP contribution in [0.5, 0.6) is 0 Å². The smallest absolute Gasteiger partial charge is 0.230 e. The van der Waals surface area contributed by atoms with Crippen molar-refractivity contribution in [3.63, 3.8) is 0 Å². The second kappa shape index (κ2) is 4.37. The third-order valence-corrected chi connectivity index (χ3v) is 2.52. The summed E-state index contributed by atoms with van der Waals surface area (Å²) >= 11 is 0. The molecule has 3 N–H and O–H groups in total. The van der Waals surface area contributed by atoms with Crippen LogP contribution in [-0.4, -0.2) is 23.0 Å². The Balaban J connectivity index is 2.52. The number of nitrogens with zero attached hydrogens (tertiary/aromatic N) is 3. The fourth-order valence-corrected chi connectivity index (χ4v) is 1.62. The molecule has 0 aliphatic heterocycles. The molecular weight excluding hydrogens is 214 g/mol. The third kappa shape index (κ3) is 2.33. The van der Waals surface area contributed by atoms with Crippen LogP contribution in [0, 0.1) is 13.8 Å². The maximum atomic E-state index is 5.58. The average molecular weight is 229 g/mol. The number of guanidine groups is 1. The number of hydrogen-bond donors (Lipinski definition) is 2. The second-order valence-electron chi connectivity index (χ2n) is 3.89. The standard InChI is InChI=1S/C12H15N5/c1-7-4-5-10-9(6-7)8(2)15-12(16-10)17-11(13)14-3/h4-6H,1-3H3,(H3,13,14,15,16,17). The lowest BCUT2D eigenvalue weighted by Gasteiger charge is -2.07. The van der Waals surface area contributed by atoms with Gasteiger partial charge in [0.1, 0.15) is 0 Å². The van der Waals surface area contributed by atoms with Crippen molar-refractivity contribution in [3.05, 3.63) is 29.5 Å². The zero-order valence-corrected chi connectivity index (χ0v) is 10.2. The Hall–Kier alpha value is -2.17. The number of aromatic nitrogens is 2. The van der Waals surface area contributed by atoms with E-state index in [1.807, 2.05) is 26.0 Å². The van der Waals surface area contributed by atoms with Gasteiger partial charge in [0.2, 0.25) is 5.95 Å². The van der Waals surface area contributed by atoms with E-state index in [-0.39, 0.29) is 0 Å². The fraction of sp³-hybridized carbons (Fsp3) is 0.250. The summed E-state index contributed by atoms with van der Waals surface area (Å²) in [6.07, 6.45) is 0. The van der Waals surface area contributed by atoms with Gasteiger partial charge >= 0.3 is 0 Å².